The van der Waals surface area contributed by atoms with Crippen LogP contribution in [0.1, 0.15) is 46.5 Å². The molecular weight excluding hydrogens is 586 g/mol. The van der Waals surface area contributed by atoms with E-state index in [-0.39, 0.29) is 30.6 Å². The zero-order valence-corrected chi connectivity index (χ0v) is 26.4. The van der Waals surface area contributed by atoms with Crippen molar-refractivity contribution in [2.75, 3.05) is 78.3 Å². The van der Waals surface area contributed by atoms with Crippen LogP contribution < -0.4 is 26.7 Å². The first-order chi connectivity index (χ1) is 20.6. The van der Waals surface area contributed by atoms with Crippen molar-refractivity contribution in [1.29, 1.82) is 0 Å². The average molecular weight is 636 g/mol. The number of thioether (sulfide) groups is 1. The van der Waals surface area contributed by atoms with E-state index in [2.05, 4.69) is 21.3 Å². The van der Waals surface area contributed by atoms with Gasteiger partial charge < -0.3 is 45.0 Å². The number of hydroxylamine groups is 1. The summed E-state index contributed by atoms with van der Waals surface area (Å²) in [6.07, 6.45) is 2.52. The second-order valence-corrected chi connectivity index (χ2v) is 12.2. The van der Waals surface area contributed by atoms with Crippen molar-refractivity contribution >= 4 is 35.7 Å². The van der Waals surface area contributed by atoms with E-state index in [1.807, 2.05) is 17.2 Å². The first-order valence-electron chi connectivity index (χ1n) is 14.8. The molecule has 0 aliphatic carbocycles. The van der Waals surface area contributed by atoms with Crippen LogP contribution in [-0.4, -0.2) is 125 Å². The number of hydrogen-bond acceptors (Lipinski definition) is 11. The topological polar surface area (TPSA) is 184 Å². The van der Waals surface area contributed by atoms with Crippen LogP contribution in [0.15, 0.2) is 0 Å². The molecule has 5 amide bonds. The molecule has 0 bridgehead atoms. The summed E-state index contributed by atoms with van der Waals surface area (Å²) in [5.74, 6) is 0.575. The molecule has 0 radical (unpaired) electrons. The Balaban J connectivity index is 1.25. The van der Waals surface area contributed by atoms with Gasteiger partial charge in [-0.1, -0.05) is 6.42 Å². The number of nitrogens with one attached hydrogen (secondary N) is 5. The highest BCUT2D eigenvalue weighted by molar-refractivity contribution is 8.00. The van der Waals surface area contributed by atoms with E-state index in [0.29, 0.717) is 77.6 Å². The number of rotatable bonds is 23. The fourth-order valence-electron chi connectivity index (χ4n) is 4.16. The minimum absolute atomic E-state index is 0.0257. The fourth-order valence-corrected chi connectivity index (χ4v) is 5.70. The van der Waals surface area contributed by atoms with E-state index >= 15 is 0 Å². The maximum atomic E-state index is 12.0. The van der Waals surface area contributed by atoms with Gasteiger partial charge >= 0.3 is 12.1 Å². The van der Waals surface area contributed by atoms with Crippen LogP contribution in [0.2, 0.25) is 0 Å². The van der Waals surface area contributed by atoms with Crippen LogP contribution in [0, 0.1) is 0 Å². The van der Waals surface area contributed by atoms with Gasteiger partial charge in [-0.25, -0.2) is 9.59 Å². The van der Waals surface area contributed by atoms with Gasteiger partial charge in [0, 0.05) is 30.5 Å². The molecule has 2 aliphatic rings. The average Bonchev–Trinajstić information content (AvgIpc) is 3.49. The predicted octanol–water partition coefficient (Wildman–Crippen LogP) is 0.467. The van der Waals surface area contributed by atoms with Gasteiger partial charge in [-0.3, -0.25) is 14.4 Å². The molecule has 2 fully saturated rings. The van der Waals surface area contributed by atoms with Gasteiger partial charge in [0.25, 0.3) is 0 Å². The summed E-state index contributed by atoms with van der Waals surface area (Å²) < 4.78 is 26.7. The van der Waals surface area contributed by atoms with Crippen LogP contribution in [0.5, 0.6) is 0 Å². The van der Waals surface area contributed by atoms with Crippen molar-refractivity contribution in [2.45, 2.75) is 69.4 Å². The number of amides is 5. The van der Waals surface area contributed by atoms with E-state index in [4.69, 9.17) is 28.5 Å². The molecule has 5 N–H and O–H groups in total. The number of carbonyl (C=O) groups excluding carboxylic acids is 4. The van der Waals surface area contributed by atoms with Crippen LogP contribution in [-0.2, 0) is 38.1 Å². The van der Waals surface area contributed by atoms with Gasteiger partial charge in [0.1, 0.15) is 5.60 Å². The Morgan fingerprint density at radius 3 is 2.02 bits per heavy atom. The van der Waals surface area contributed by atoms with E-state index in [1.54, 1.807) is 20.8 Å². The quantitative estimate of drug-likeness (QED) is 0.0598. The number of carbonyl (C=O) groups is 4. The lowest BCUT2D eigenvalue weighted by Gasteiger charge is -2.19. The van der Waals surface area contributed by atoms with Crippen molar-refractivity contribution in [3.05, 3.63) is 0 Å². The molecule has 248 valence electrons. The largest absolute Gasteiger partial charge is 0.442 e. The number of hydrogen-bond donors (Lipinski definition) is 5. The molecule has 2 saturated heterocycles. The summed E-state index contributed by atoms with van der Waals surface area (Å²) in [7, 11) is 0. The smallest absolute Gasteiger partial charge is 0.431 e. The zero-order valence-electron chi connectivity index (χ0n) is 25.5. The molecule has 2 heterocycles. The van der Waals surface area contributed by atoms with Crippen molar-refractivity contribution in [1.82, 2.24) is 26.7 Å². The normalized spacial score (nSPS) is 19.3. The molecule has 0 spiro atoms. The van der Waals surface area contributed by atoms with E-state index in [1.165, 1.54) is 0 Å². The molecule has 0 aromatic rings. The third-order valence-corrected chi connectivity index (χ3v) is 7.60. The Hall–Kier alpha value is -2.37. The Kier molecular flexibility index (Phi) is 18.3. The molecule has 2 rings (SSSR count). The summed E-state index contributed by atoms with van der Waals surface area (Å²) in [5.41, 5.74) is 1.38. The second-order valence-electron chi connectivity index (χ2n) is 10.9. The van der Waals surface area contributed by atoms with Crippen molar-refractivity contribution in [2.24, 2.45) is 0 Å². The Morgan fingerprint density at radius 2 is 1.42 bits per heavy atom. The van der Waals surface area contributed by atoms with Crippen LogP contribution in [0.3, 0.4) is 0 Å². The van der Waals surface area contributed by atoms with Gasteiger partial charge in [-0.2, -0.15) is 17.2 Å². The number of fused-ring (bicyclic) bond motifs is 1. The van der Waals surface area contributed by atoms with Crippen molar-refractivity contribution < 1.29 is 47.7 Å². The van der Waals surface area contributed by atoms with Crippen molar-refractivity contribution in [3.63, 3.8) is 0 Å². The highest BCUT2D eigenvalue weighted by Gasteiger charge is 2.42. The molecule has 43 heavy (non-hydrogen) atoms. The third-order valence-electron chi connectivity index (χ3n) is 6.09. The molecular formula is C27H49N5O10S. The standard InChI is InChI=1S/C27H49N5O10S/c1-27(2,3)42-26(36)32-41-18-23(34)29-9-11-38-13-15-40-17-16-39-14-12-37-10-8-28-22(33)7-5-4-6-21-24-20(19-43-21)30-25(35)31-24/h20-21,24H,4-19H2,1-3H3,(H,28,33)(H,29,34)(H,32,36)(H2,30,31,35)/t20-,21-,24-/m0/s1. The molecule has 3 atom stereocenters. The molecule has 0 aromatic heterocycles. The molecule has 16 heteroatoms. The molecule has 0 unspecified atom stereocenters. The second kappa shape index (κ2) is 21.4. The molecule has 0 aromatic carbocycles. The SMILES string of the molecule is CC(C)(C)OC(=O)NOCC(=O)NCCOCCOCCOCCOCCNC(=O)CCCC[C@@H]1SC[C@@H]2NC(=O)N[C@@H]21. The monoisotopic (exact) mass is 635 g/mol. The zero-order chi connectivity index (χ0) is 31.3. The predicted molar refractivity (Wildman–Crippen MR) is 159 cm³/mol. The highest BCUT2D eigenvalue weighted by Crippen LogP contribution is 2.33. The van der Waals surface area contributed by atoms with Crippen LogP contribution >= 0.6 is 11.8 Å². The van der Waals surface area contributed by atoms with Gasteiger partial charge in [0.2, 0.25) is 11.8 Å². The van der Waals surface area contributed by atoms with E-state index in [9.17, 15) is 19.2 Å². The lowest BCUT2D eigenvalue weighted by molar-refractivity contribution is -0.128. The maximum Gasteiger partial charge on any atom is 0.431 e. The van der Waals surface area contributed by atoms with E-state index < -0.39 is 17.6 Å². The van der Waals surface area contributed by atoms with Gasteiger partial charge in [0.15, 0.2) is 6.61 Å². The first-order valence-corrected chi connectivity index (χ1v) is 15.8. The molecule has 15 nitrogen and oxygen atoms in total. The summed E-state index contributed by atoms with van der Waals surface area (Å²) in [6.45, 7) is 8.79. The first kappa shape index (κ1) is 36.8. The lowest BCUT2D eigenvalue weighted by atomic mass is 10.0. The summed E-state index contributed by atoms with van der Waals surface area (Å²) in [6, 6.07) is 0.383. The van der Waals surface area contributed by atoms with Gasteiger partial charge in [-0.15, -0.1) is 0 Å². The number of unbranched alkanes of at least 4 members (excludes halogenated alkanes) is 1. The highest BCUT2D eigenvalue weighted by atomic mass is 32.2. The number of ether oxygens (including phenoxy) is 5. The Morgan fingerprint density at radius 1 is 0.837 bits per heavy atom. The van der Waals surface area contributed by atoms with E-state index in [0.717, 1.165) is 25.0 Å². The summed E-state index contributed by atoms with van der Waals surface area (Å²) in [5, 5.41) is 11.8. The summed E-state index contributed by atoms with van der Waals surface area (Å²) >= 11 is 1.89. The van der Waals surface area contributed by atoms with Gasteiger partial charge in [-0.05, 0) is 33.6 Å². The Bertz CT molecular complexity index is 847. The van der Waals surface area contributed by atoms with Crippen molar-refractivity contribution in [3.8, 4) is 0 Å². The third kappa shape index (κ3) is 18.1. The maximum absolute atomic E-state index is 12.0. The Labute approximate surface area is 257 Å². The van der Waals surface area contributed by atoms with Crippen LogP contribution in [0.25, 0.3) is 0 Å². The fraction of sp³-hybridized carbons (Fsp3) is 0.852. The minimum atomic E-state index is -0.767. The lowest BCUT2D eigenvalue weighted by Crippen LogP contribution is -2.37. The minimum Gasteiger partial charge on any atom is -0.442 e. The number of urea groups is 1. The van der Waals surface area contributed by atoms with Gasteiger partial charge in [0.05, 0.1) is 64.9 Å². The summed E-state index contributed by atoms with van der Waals surface area (Å²) in [4.78, 5) is 51.2. The molecule has 0 saturated carbocycles. The molecule has 2 aliphatic heterocycles. The van der Waals surface area contributed by atoms with Crippen LogP contribution in [0.4, 0.5) is 9.59 Å².